The summed E-state index contributed by atoms with van der Waals surface area (Å²) in [4.78, 5) is 19.7. The van der Waals surface area contributed by atoms with Gasteiger partial charge in [0.25, 0.3) is 0 Å². The van der Waals surface area contributed by atoms with Crippen molar-refractivity contribution in [3.63, 3.8) is 0 Å². The summed E-state index contributed by atoms with van der Waals surface area (Å²) in [7, 11) is 2.17. The summed E-state index contributed by atoms with van der Waals surface area (Å²) in [6.07, 6.45) is 1.54. The van der Waals surface area contributed by atoms with E-state index in [1.807, 2.05) is 23.1 Å². The molecule has 0 aromatic heterocycles. The maximum absolute atomic E-state index is 12.9. The summed E-state index contributed by atoms with van der Waals surface area (Å²) in [6.45, 7) is 7.14. The number of benzene rings is 1. The van der Waals surface area contributed by atoms with Gasteiger partial charge in [0, 0.05) is 45.2 Å². The predicted molar refractivity (Wildman–Crippen MR) is 105 cm³/mol. The third kappa shape index (κ3) is 4.42. The number of carbonyl (C=O) groups is 1. The Labute approximate surface area is 166 Å². The smallest absolute Gasteiger partial charge is 0.231 e. The van der Waals surface area contributed by atoms with E-state index in [1.54, 1.807) is 0 Å². The van der Waals surface area contributed by atoms with Crippen LogP contribution in [0, 0.1) is 11.8 Å². The molecule has 2 atom stereocenters. The zero-order valence-corrected chi connectivity index (χ0v) is 16.7. The lowest BCUT2D eigenvalue weighted by molar-refractivity contribution is -0.129. The standard InChI is InChI=1S/C21H31N3O4/c1-22-5-2-6-23(8-7-22)11-17-12-24(13-18(17)14-25)21(26)10-16-3-4-19-20(9-16)28-15-27-19/h3-4,9,17-18,25H,2,5-8,10-15H2,1H3/t17-,18-/m1/s1. The van der Waals surface area contributed by atoms with Crippen molar-refractivity contribution in [3.05, 3.63) is 23.8 Å². The van der Waals surface area contributed by atoms with Gasteiger partial charge in [0.05, 0.1) is 6.42 Å². The van der Waals surface area contributed by atoms with Crippen molar-refractivity contribution in [2.45, 2.75) is 12.8 Å². The van der Waals surface area contributed by atoms with E-state index in [-0.39, 0.29) is 25.2 Å². The van der Waals surface area contributed by atoms with E-state index < -0.39 is 0 Å². The van der Waals surface area contributed by atoms with Crippen LogP contribution in [0.3, 0.4) is 0 Å². The minimum atomic E-state index is 0.121. The molecule has 28 heavy (non-hydrogen) atoms. The number of amides is 1. The molecule has 4 rings (SSSR count). The molecular weight excluding hydrogens is 358 g/mol. The molecule has 3 heterocycles. The molecule has 0 aliphatic carbocycles. The number of hydrogen-bond acceptors (Lipinski definition) is 6. The third-order valence-corrected chi connectivity index (χ3v) is 6.26. The van der Waals surface area contributed by atoms with Crippen molar-refractivity contribution in [3.8, 4) is 11.5 Å². The highest BCUT2D eigenvalue weighted by atomic mass is 16.7. The zero-order chi connectivity index (χ0) is 19.5. The normalized spacial score (nSPS) is 25.9. The number of nitrogens with zero attached hydrogens (tertiary/aromatic N) is 3. The molecule has 1 N–H and O–H groups in total. The van der Waals surface area contributed by atoms with Crippen molar-refractivity contribution in [2.24, 2.45) is 11.8 Å². The van der Waals surface area contributed by atoms with E-state index in [2.05, 4.69) is 16.8 Å². The molecule has 154 valence electrons. The quantitative estimate of drug-likeness (QED) is 0.798. The van der Waals surface area contributed by atoms with Crippen LogP contribution in [0.15, 0.2) is 18.2 Å². The van der Waals surface area contributed by atoms with Gasteiger partial charge in [-0.2, -0.15) is 0 Å². The highest BCUT2D eigenvalue weighted by Gasteiger charge is 2.35. The number of likely N-dealkylation sites (tertiary alicyclic amines) is 1. The molecule has 0 unspecified atom stereocenters. The summed E-state index contributed by atoms with van der Waals surface area (Å²) in [5.74, 6) is 2.08. The average molecular weight is 389 g/mol. The molecule has 1 amide bonds. The van der Waals surface area contributed by atoms with Crippen LogP contribution >= 0.6 is 0 Å². The van der Waals surface area contributed by atoms with Gasteiger partial charge < -0.3 is 29.3 Å². The molecule has 3 aliphatic rings. The SMILES string of the molecule is CN1CCCN(C[C@@H]2CN(C(=O)Cc3ccc4c(c3)OCO4)C[C@@H]2CO)CC1. The lowest BCUT2D eigenvalue weighted by Crippen LogP contribution is -2.36. The number of likely N-dealkylation sites (N-methyl/N-ethyl adjacent to an activating group) is 1. The fourth-order valence-electron chi connectivity index (χ4n) is 4.51. The third-order valence-electron chi connectivity index (χ3n) is 6.26. The summed E-state index contributed by atoms with van der Waals surface area (Å²) >= 11 is 0. The first-order valence-electron chi connectivity index (χ1n) is 10.3. The summed E-state index contributed by atoms with van der Waals surface area (Å²) in [5.41, 5.74) is 0.939. The molecule has 2 saturated heterocycles. The average Bonchev–Trinajstić information content (AvgIpc) is 3.26. The van der Waals surface area contributed by atoms with Crippen LogP contribution in [0.2, 0.25) is 0 Å². The topological polar surface area (TPSA) is 65.5 Å². The molecule has 2 fully saturated rings. The van der Waals surface area contributed by atoms with Crippen LogP contribution in [0.1, 0.15) is 12.0 Å². The first-order valence-corrected chi connectivity index (χ1v) is 10.3. The van der Waals surface area contributed by atoms with Crippen molar-refractivity contribution in [1.29, 1.82) is 0 Å². The first kappa shape index (κ1) is 19.5. The van der Waals surface area contributed by atoms with Crippen LogP contribution in [0.5, 0.6) is 11.5 Å². The second-order valence-corrected chi connectivity index (χ2v) is 8.32. The monoisotopic (exact) mass is 389 g/mol. The minimum Gasteiger partial charge on any atom is -0.454 e. The zero-order valence-electron chi connectivity index (χ0n) is 16.7. The van der Waals surface area contributed by atoms with Gasteiger partial charge in [0.2, 0.25) is 12.7 Å². The Morgan fingerprint density at radius 1 is 1.11 bits per heavy atom. The van der Waals surface area contributed by atoms with E-state index in [0.29, 0.717) is 24.6 Å². The summed E-state index contributed by atoms with van der Waals surface area (Å²) < 4.78 is 10.7. The van der Waals surface area contributed by atoms with Gasteiger partial charge in [0.15, 0.2) is 11.5 Å². The van der Waals surface area contributed by atoms with Crippen molar-refractivity contribution >= 4 is 5.91 Å². The van der Waals surface area contributed by atoms with E-state index in [9.17, 15) is 9.90 Å². The largest absolute Gasteiger partial charge is 0.454 e. The van der Waals surface area contributed by atoms with Crippen LogP contribution in [-0.2, 0) is 11.2 Å². The Morgan fingerprint density at radius 3 is 2.79 bits per heavy atom. The molecule has 3 aliphatic heterocycles. The van der Waals surface area contributed by atoms with Gasteiger partial charge in [-0.25, -0.2) is 0 Å². The van der Waals surface area contributed by atoms with Crippen LogP contribution in [0.4, 0.5) is 0 Å². The number of aliphatic hydroxyl groups is 1. The predicted octanol–water partition coefficient (Wildman–Crippen LogP) is 0.662. The molecule has 1 aromatic rings. The van der Waals surface area contributed by atoms with Crippen molar-refractivity contribution < 1.29 is 19.4 Å². The van der Waals surface area contributed by atoms with Gasteiger partial charge in [-0.3, -0.25) is 4.79 Å². The number of fused-ring (bicyclic) bond motifs is 1. The molecule has 7 nitrogen and oxygen atoms in total. The Hall–Kier alpha value is -1.83. The van der Waals surface area contributed by atoms with Crippen LogP contribution < -0.4 is 9.47 Å². The molecular formula is C21H31N3O4. The Bertz CT molecular complexity index is 698. The first-order chi connectivity index (χ1) is 13.6. The number of aliphatic hydroxyl groups excluding tert-OH is 1. The highest BCUT2D eigenvalue weighted by molar-refractivity contribution is 5.79. The van der Waals surface area contributed by atoms with E-state index in [4.69, 9.17) is 9.47 Å². The number of carbonyl (C=O) groups excluding carboxylic acids is 1. The second-order valence-electron chi connectivity index (χ2n) is 8.32. The maximum atomic E-state index is 12.9. The lowest BCUT2D eigenvalue weighted by Gasteiger charge is -2.26. The molecule has 0 saturated carbocycles. The molecule has 7 heteroatoms. The molecule has 1 aromatic carbocycles. The Morgan fingerprint density at radius 2 is 1.93 bits per heavy atom. The number of hydrogen-bond donors (Lipinski definition) is 1. The van der Waals surface area contributed by atoms with Gasteiger partial charge in [-0.05, 0) is 50.2 Å². The minimum absolute atomic E-state index is 0.121. The second kappa shape index (κ2) is 8.68. The summed E-state index contributed by atoms with van der Waals surface area (Å²) in [5, 5.41) is 9.86. The van der Waals surface area contributed by atoms with Gasteiger partial charge in [-0.1, -0.05) is 6.07 Å². The number of rotatable bonds is 5. The fourth-order valence-corrected chi connectivity index (χ4v) is 4.51. The van der Waals surface area contributed by atoms with E-state index >= 15 is 0 Å². The van der Waals surface area contributed by atoms with Gasteiger partial charge in [0.1, 0.15) is 0 Å². The molecule has 0 spiro atoms. The van der Waals surface area contributed by atoms with E-state index in [1.165, 1.54) is 6.42 Å². The van der Waals surface area contributed by atoms with Crippen molar-refractivity contribution in [2.75, 3.05) is 66.3 Å². The maximum Gasteiger partial charge on any atom is 0.231 e. The highest BCUT2D eigenvalue weighted by Crippen LogP contribution is 2.33. The Balaban J connectivity index is 1.34. The number of ether oxygens (including phenoxy) is 2. The summed E-state index contributed by atoms with van der Waals surface area (Å²) in [6, 6.07) is 5.69. The molecule has 0 radical (unpaired) electrons. The van der Waals surface area contributed by atoms with E-state index in [0.717, 1.165) is 50.6 Å². The van der Waals surface area contributed by atoms with Crippen LogP contribution in [0.25, 0.3) is 0 Å². The molecule has 0 bridgehead atoms. The fraction of sp³-hybridized carbons (Fsp3) is 0.667. The van der Waals surface area contributed by atoms with Crippen LogP contribution in [-0.4, -0.2) is 92.0 Å². The van der Waals surface area contributed by atoms with Gasteiger partial charge in [-0.15, -0.1) is 0 Å². The lowest BCUT2D eigenvalue weighted by atomic mass is 9.96. The van der Waals surface area contributed by atoms with Crippen molar-refractivity contribution in [1.82, 2.24) is 14.7 Å². The Kier molecular flexibility index (Phi) is 6.04. The van der Waals surface area contributed by atoms with Gasteiger partial charge >= 0.3 is 0 Å².